The van der Waals surface area contributed by atoms with Crippen molar-refractivity contribution < 1.29 is 4.79 Å². The molecule has 1 amide bonds. The molecule has 1 N–H and O–H groups in total. The second-order valence-corrected chi connectivity index (χ2v) is 6.60. The van der Waals surface area contributed by atoms with Gasteiger partial charge in [-0.25, -0.2) is 4.68 Å². The number of anilines is 1. The Morgan fingerprint density at radius 3 is 2.65 bits per heavy atom. The van der Waals surface area contributed by atoms with Crippen LogP contribution in [0.1, 0.15) is 16.7 Å². The van der Waals surface area contributed by atoms with E-state index in [0.717, 1.165) is 22.5 Å². The van der Waals surface area contributed by atoms with Gasteiger partial charge in [-0.05, 0) is 50.2 Å². The molecule has 0 saturated heterocycles. The summed E-state index contributed by atoms with van der Waals surface area (Å²) in [6, 6.07) is 15.9. The van der Waals surface area contributed by atoms with Crippen molar-refractivity contribution >= 4 is 11.6 Å². The molecule has 0 fully saturated rings. The van der Waals surface area contributed by atoms with Crippen molar-refractivity contribution in [3.8, 4) is 5.69 Å². The highest BCUT2D eigenvalue weighted by atomic mass is 16.2. The molecule has 0 saturated carbocycles. The predicted molar refractivity (Wildman–Crippen MR) is 104 cm³/mol. The summed E-state index contributed by atoms with van der Waals surface area (Å²) in [6.07, 6.45) is 3.83. The monoisotopic (exact) mass is 348 g/mol. The fourth-order valence-electron chi connectivity index (χ4n) is 2.85. The van der Waals surface area contributed by atoms with E-state index in [1.165, 1.54) is 5.56 Å². The first kappa shape index (κ1) is 17.9. The van der Waals surface area contributed by atoms with Gasteiger partial charge in [0.2, 0.25) is 5.91 Å². The molecule has 0 aliphatic heterocycles. The summed E-state index contributed by atoms with van der Waals surface area (Å²) >= 11 is 0. The van der Waals surface area contributed by atoms with Gasteiger partial charge in [0.15, 0.2) is 0 Å². The van der Waals surface area contributed by atoms with Crippen LogP contribution in [-0.2, 0) is 11.3 Å². The Morgan fingerprint density at radius 1 is 1.12 bits per heavy atom. The smallest absolute Gasteiger partial charge is 0.238 e. The second kappa shape index (κ2) is 7.97. The second-order valence-electron chi connectivity index (χ2n) is 6.60. The lowest BCUT2D eigenvalue weighted by molar-refractivity contribution is -0.117. The summed E-state index contributed by atoms with van der Waals surface area (Å²) < 4.78 is 1.85. The summed E-state index contributed by atoms with van der Waals surface area (Å²) in [4.78, 5) is 14.3. The molecular weight excluding hydrogens is 324 g/mol. The van der Waals surface area contributed by atoms with E-state index in [0.29, 0.717) is 13.1 Å². The standard InChI is InChI=1S/C21H24N4O/c1-16-8-7-11-20(17(16)2)23-21(26)15-24(3)13-18-12-22-25(14-18)19-9-5-4-6-10-19/h4-12,14H,13,15H2,1-3H3,(H,23,26). The maximum atomic E-state index is 12.3. The molecule has 5 nitrogen and oxygen atoms in total. The molecule has 134 valence electrons. The Labute approximate surface area is 154 Å². The molecule has 26 heavy (non-hydrogen) atoms. The van der Waals surface area contributed by atoms with Crippen LogP contribution in [0.4, 0.5) is 5.69 Å². The number of carbonyl (C=O) groups is 1. The number of benzene rings is 2. The molecule has 0 spiro atoms. The third kappa shape index (κ3) is 4.37. The zero-order chi connectivity index (χ0) is 18.5. The molecule has 0 radical (unpaired) electrons. The first-order valence-corrected chi connectivity index (χ1v) is 8.66. The summed E-state index contributed by atoms with van der Waals surface area (Å²) in [5.41, 5.74) is 5.24. The summed E-state index contributed by atoms with van der Waals surface area (Å²) in [5.74, 6) is -0.0170. The van der Waals surface area contributed by atoms with Crippen LogP contribution in [0, 0.1) is 13.8 Å². The summed E-state index contributed by atoms with van der Waals surface area (Å²) in [6.45, 7) is 5.05. The van der Waals surface area contributed by atoms with Crippen LogP contribution >= 0.6 is 0 Å². The van der Waals surface area contributed by atoms with Crippen LogP contribution in [0.2, 0.25) is 0 Å². The van der Waals surface area contributed by atoms with E-state index in [9.17, 15) is 4.79 Å². The summed E-state index contributed by atoms with van der Waals surface area (Å²) in [7, 11) is 1.93. The van der Waals surface area contributed by atoms with E-state index >= 15 is 0 Å². The molecule has 5 heteroatoms. The Bertz CT molecular complexity index is 886. The quantitative estimate of drug-likeness (QED) is 0.741. The van der Waals surface area contributed by atoms with Crippen LogP contribution in [0.3, 0.4) is 0 Å². The minimum atomic E-state index is -0.0170. The number of carbonyl (C=O) groups excluding carboxylic acids is 1. The minimum Gasteiger partial charge on any atom is -0.325 e. The Morgan fingerprint density at radius 2 is 1.88 bits per heavy atom. The molecule has 0 bridgehead atoms. The first-order chi connectivity index (χ1) is 12.5. The molecule has 0 unspecified atom stereocenters. The van der Waals surface area contributed by atoms with E-state index in [1.54, 1.807) is 0 Å². The molecule has 0 atom stereocenters. The van der Waals surface area contributed by atoms with Crippen LogP contribution in [0.25, 0.3) is 5.69 Å². The fraction of sp³-hybridized carbons (Fsp3) is 0.238. The normalized spacial score (nSPS) is 10.9. The van der Waals surface area contributed by atoms with Crippen molar-refractivity contribution in [2.45, 2.75) is 20.4 Å². The average Bonchev–Trinajstić information content (AvgIpc) is 3.08. The van der Waals surface area contributed by atoms with Gasteiger partial charge in [-0.15, -0.1) is 0 Å². The van der Waals surface area contributed by atoms with E-state index in [2.05, 4.69) is 10.4 Å². The average molecular weight is 348 g/mol. The van der Waals surface area contributed by atoms with Gasteiger partial charge in [0.25, 0.3) is 0 Å². The number of aromatic nitrogens is 2. The van der Waals surface area contributed by atoms with E-state index in [1.807, 2.05) is 91.4 Å². The highest BCUT2D eigenvalue weighted by Crippen LogP contribution is 2.18. The van der Waals surface area contributed by atoms with Crippen LogP contribution in [-0.4, -0.2) is 34.2 Å². The van der Waals surface area contributed by atoms with E-state index < -0.39 is 0 Å². The van der Waals surface area contributed by atoms with Crippen molar-refractivity contribution in [1.82, 2.24) is 14.7 Å². The van der Waals surface area contributed by atoms with Crippen LogP contribution < -0.4 is 5.32 Å². The van der Waals surface area contributed by atoms with Crippen LogP contribution in [0.15, 0.2) is 60.9 Å². The highest BCUT2D eigenvalue weighted by Gasteiger charge is 2.10. The number of para-hydroxylation sites is 1. The number of likely N-dealkylation sites (N-methyl/N-ethyl adjacent to an activating group) is 1. The van der Waals surface area contributed by atoms with Gasteiger partial charge < -0.3 is 5.32 Å². The zero-order valence-corrected chi connectivity index (χ0v) is 15.4. The van der Waals surface area contributed by atoms with E-state index in [4.69, 9.17) is 0 Å². The number of rotatable bonds is 6. The maximum Gasteiger partial charge on any atom is 0.238 e. The molecule has 3 aromatic rings. The van der Waals surface area contributed by atoms with Gasteiger partial charge >= 0.3 is 0 Å². The largest absolute Gasteiger partial charge is 0.325 e. The maximum absolute atomic E-state index is 12.3. The predicted octanol–water partition coefficient (Wildman–Crippen LogP) is 3.56. The molecule has 2 aromatic carbocycles. The fourth-order valence-corrected chi connectivity index (χ4v) is 2.85. The van der Waals surface area contributed by atoms with Crippen molar-refractivity contribution in [2.24, 2.45) is 0 Å². The Balaban J connectivity index is 1.57. The Kier molecular flexibility index (Phi) is 5.49. The van der Waals surface area contributed by atoms with Gasteiger partial charge in [-0.1, -0.05) is 30.3 Å². The van der Waals surface area contributed by atoms with Crippen molar-refractivity contribution in [1.29, 1.82) is 0 Å². The van der Waals surface area contributed by atoms with Crippen molar-refractivity contribution in [2.75, 3.05) is 18.9 Å². The van der Waals surface area contributed by atoms with E-state index in [-0.39, 0.29) is 5.91 Å². The SMILES string of the molecule is Cc1cccc(NC(=O)CN(C)Cc2cnn(-c3ccccc3)c2)c1C. The minimum absolute atomic E-state index is 0.0170. The lowest BCUT2D eigenvalue weighted by Crippen LogP contribution is -2.30. The third-order valence-corrected chi connectivity index (χ3v) is 4.40. The van der Waals surface area contributed by atoms with Gasteiger partial charge in [0, 0.05) is 24.0 Å². The molecule has 0 aliphatic rings. The molecule has 3 rings (SSSR count). The zero-order valence-electron chi connectivity index (χ0n) is 15.4. The third-order valence-electron chi connectivity index (χ3n) is 4.40. The lowest BCUT2D eigenvalue weighted by Gasteiger charge is -2.16. The molecule has 0 aliphatic carbocycles. The van der Waals surface area contributed by atoms with Crippen LogP contribution in [0.5, 0.6) is 0 Å². The molecule has 1 aromatic heterocycles. The first-order valence-electron chi connectivity index (χ1n) is 8.66. The number of aryl methyl sites for hydroxylation is 1. The van der Waals surface area contributed by atoms with Gasteiger partial charge in [0.05, 0.1) is 18.4 Å². The number of amides is 1. The number of hydrogen-bond acceptors (Lipinski definition) is 3. The summed E-state index contributed by atoms with van der Waals surface area (Å²) in [5, 5.41) is 7.39. The lowest BCUT2D eigenvalue weighted by atomic mass is 10.1. The van der Waals surface area contributed by atoms with Crippen molar-refractivity contribution in [3.05, 3.63) is 77.6 Å². The molecule has 1 heterocycles. The number of nitrogens with zero attached hydrogens (tertiary/aromatic N) is 3. The number of nitrogens with one attached hydrogen (secondary N) is 1. The Hall–Kier alpha value is -2.92. The molecular formula is C21H24N4O. The van der Waals surface area contributed by atoms with Gasteiger partial charge in [0.1, 0.15) is 0 Å². The number of hydrogen-bond donors (Lipinski definition) is 1. The highest BCUT2D eigenvalue weighted by molar-refractivity contribution is 5.93. The van der Waals surface area contributed by atoms with Crippen molar-refractivity contribution in [3.63, 3.8) is 0 Å². The van der Waals surface area contributed by atoms with Gasteiger partial charge in [-0.3, -0.25) is 9.69 Å². The van der Waals surface area contributed by atoms with Gasteiger partial charge in [-0.2, -0.15) is 5.10 Å². The topological polar surface area (TPSA) is 50.2 Å².